The minimum Gasteiger partial charge on any atom is -0.485 e. The molecule has 33 heavy (non-hydrogen) atoms. The van der Waals surface area contributed by atoms with E-state index in [9.17, 15) is 27.3 Å². The van der Waals surface area contributed by atoms with Crippen molar-refractivity contribution in [3.8, 4) is 5.75 Å². The molecule has 0 saturated carbocycles. The van der Waals surface area contributed by atoms with Crippen molar-refractivity contribution in [3.63, 3.8) is 0 Å². The first-order valence-corrected chi connectivity index (χ1v) is 11.7. The molecule has 0 bridgehead atoms. The molecule has 10 heteroatoms. The quantitative estimate of drug-likeness (QED) is 0.725. The number of nitrogens with zero attached hydrogens (tertiary/aromatic N) is 2. The van der Waals surface area contributed by atoms with Crippen molar-refractivity contribution < 1.29 is 32.0 Å². The molecular formula is C23H25F3N2O4S. The van der Waals surface area contributed by atoms with E-state index in [0.29, 0.717) is 13.1 Å². The molecular weight excluding hydrogens is 457 g/mol. The lowest BCUT2D eigenvalue weighted by atomic mass is 9.85. The Balaban J connectivity index is 1.63. The van der Waals surface area contributed by atoms with Gasteiger partial charge in [-0.15, -0.1) is 0 Å². The standard InChI is InChI=1S/C23H25F3N2O4S/c1-22(2)21(30)20(17-12-16(8-9-18(17)32-22)33(31)23(24,25)26)28-11-10-27(14-19(28)29)13-15-6-4-3-5-7-15/h3-9,12,20-21,30H,10-11,13-14H2,1-2H3. The Kier molecular flexibility index (Phi) is 6.28. The number of rotatable bonds is 4. The molecule has 4 rings (SSSR count). The number of hydrogen-bond acceptors (Lipinski definition) is 5. The smallest absolute Gasteiger partial charge is 0.475 e. The largest absolute Gasteiger partial charge is 0.485 e. The van der Waals surface area contributed by atoms with Gasteiger partial charge in [0.15, 0.2) is 10.8 Å². The lowest BCUT2D eigenvalue weighted by molar-refractivity contribution is -0.150. The van der Waals surface area contributed by atoms with Gasteiger partial charge in [-0.05, 0) is 37.6 Å². The van der Waals surface area contributed by atoms with Crippen LogP contribution in [0.15, 0.2) is 53.4 Å². The van der Waals surface area contributed by atoms with Crippen LogP contribution in [0.4, 0.5) is 13.2 Å². The minimum absolute atomic E-state index is 0.114. The molecule has 0 spiro atoms. The van der Waals surface area contributed by atoms with Crippen LogP contribution in [-0.2, 0) is 22.1 Å². The van der Waals surface area contributed by atoms with Gasteiger partial charge in [-0.3, -0.25) is 9.69 Å². The number of carbonyl (C=O) groups is 1. The van der Waals surface area contributed by atoms with Crippen LogP contribution in [-0.4, -0.2) is 61.9 Å². The van der Waals surface area contributed by atoms with Gasteiger partial charge in [0.1, 0.15) is 17.5 Å². The normalized spacial score (nSPS) is 24.2. The molecule has 0 aliphatic carbocycles. The number of aliphatic hydroxyl groups is 1. The van der Waals surface area contributed by atoms with E-state index in [0.717, 1.165) is 17.7 Å². The predicted octanol–water partition coefficient (Wildman–Crippen LogP) is 3.23. The number of ether oxygens (including phenoxy) is 1. The molecule has 3 atom stereocenters. The van der Waals surface area contributed by atoms with E-state index in [4.69, 9.17) is 4.74 Å². The zero-order valence-corrected chi connectivity index (χ0v) is 19.0. The monoisotopic (exact) mass is 482 g/mol. The Morgan fingerprint density at radius 3 is 2.48 bits per heavy atom. The first-order chi connectivity index (χ1) is 15.5. The molecule has 0 aromatic heterocycles. The molecule has 1 N–H and O–H groups in total. The third kappa shape index (κ3) is 4.78. The Morgan fingerprint density at radius 2 is 1.85 bits per heavy atom. The zero-order chi connectivity index (χ0) is 24.0. The van der Waals surface area contributed by atoms with E-state index in [2.05, 4.69) is 0 Å². The average Bonchev–Trinajstić information content (AvgIpc) is 2.75. The van der Waals surface area contributed by atoms with E-state index in [1.807, 2.05) is 35.2 Å². The van der Waals surface area contributed by atoms with Gasteiger partial charge in [0.05, 0.1) is 12.6 Å². The SMILES string of the molecule is CC1(C)Oc2ccc(S(=O)C(F)(F)F)cc2C(N2CCN(Cc3ccccc3)CC2=O)C1O. The lowest BCUT2D eigenvalue weighted by Gasteiger charge is -2.48. The summed E-state index contributed by atoms with van der Waals surface area (Å²) in [5.74, 6) is 0.0185. The van der Waals surface area contributed by atoms with Gasteiger partial charge in [0.25, 0.3) is 0 Å². The zero-order valence-electron chi connectivity index (χ0n) is 18.2. The molecule has 1 amide bonds. The van der Waals surface area contributed by atoms with E-state index in [1.54, 1.807) is 13.8 Å². The van der Waals surface area contributed by atoms with Gasteiger partial charge in [-0.2, -0.15) is 13.2 Å². The van der Waals surface area contributed by atoms with Crippen molar-refractivity contribution in [3.05, 3.63) is 59.7 Å². The number of hydrogen-bond donors (Lipinski definition) is 1. The van der Waals surface area contributed by atoms with Crippen molar-refractivity contribution in [2.75, 3.05) is 19.6 Å². The van der Waals surface area contributed by atoms with Crippen LogP contribution < -0.4 is 4.74 Å². The third-order valence-electron chi connectivity index (χ3n) is 6.03. The summed E-state index contributed by atoms with van der Waals surface area (Å²) < 4.78 is 56.9. The molecule has 2 aromatic carbocycles. The Morgan fingerprint density at radius 1 is 1.15 bits per heavy atom. The highest BCUT2D eigenvalue weighted by molar-refractivity contribution is 7.86. The van der Waals surface area contributed by atoms with Crippen molar-refractivity contribution in [2.45, 2.75) is 48.5 Å². The number of piperazine rings is 1. The maximum absolute atomic E-state index is 13.1. The predicted molar refractivity (Wildman–Crippen MR) is 116 cm³/mol. The number of amides is 1. The fraction of sp³-hybridized carbons (Fsp3) is 0.435. The second kappa shape index (κ2) is 8.73. The summed E-state index contributed by atoms with van der Waals surface area (Å²) in [6, 6.07) is 12.4. The van der Waals surface area contributed by atoms with Crippen molar-refractivity contribution >= 4 is 16.7 Å². The van der Waals surface area contributed by atoms with E-state index < -0.39 is 39.0 Å². The maximum atomic E-state index is 13.1. The van der Waals surface area contributed by atoms with Crippen LogP contribution in [0.2, 0.25) is 0 Å². The van der Waals surface area contributed by atoms with Crippen molar-refractivity contribution in [2.24, 2.45) is 0 Å². The van der Waals surface area contributed by atoms with Crippen molar-refractivity contribution in [1.82, 2.24) is 9.80 Å². The topological polar surface area (TPSA) is 70.1 Å². The summed E-state index contributed by atoms with van der Waals surface area (Å²) in [7, 11) is -3.24. The van der Waals surface area contributed by atoms with Crippen LogP contribution in [0.5, 0.6) is 5.75 Å². The highest BCUT2D eigenvalue weighted by Gasteiger charge is 2.48. The van der Waals surface area contributed by atoms with Crippen LogP contribution in [0.25, 0.3) is 0 Å². The molecule has 2 aromatic rings. The molecule has 3 unspecified atom stereocenters. The highest BCUT2D eigenvalue weighted by Crippen LogP contribution is 2.44. The highest BCUT2D eigenvalue weighted by atomic mass is 32.2. The summed E-state index contributed by atoms with van der Waals surface area (Å²) in [4.78, 5) is 16.2. The van der Waals surface area contributed by atoms with Crippen LogP contribution in [0, 0.1) is 0 Å². The average molecular weight is 483 g/mol. The first kappa shape index (κ1) is 23.7. The van der Waals surface area contributed by atoms with E-state index in [1.165, 1.54) is 11.0 Å². The number of benzene rings is 2. The summed E-state index contributed by atoms with van der Waals surface area (Å²) in [5.41, 5.74) is -4.71. The van der Waals surface area contributed by atoms with Gasteiger partial charge in [0, 0.05) is 30.1 Å². The van der Waals surface area contributed by atoms with E-state index >= 15 is 0 Å². The molecule has 6 nitrogen and oxygen atoms in total. The first-order valence-electron chi connectivity index (χ1n) is 10.5. The second-order valence-corrected chi connectivity index (χ2v) is 10.3. The molecule has 2 heterocycles. The summed E-state index contributed by atoms with van der Waals surface area (Å²) in [6.07, 6.45) is -1.19. The molecule has 2 aliphatic rings. The Bertz CT molecular complexity index is 1060. The maximum Gasteiger partial charge on any atom is 0.475 e. The fourth-order valence-corrected chi connectivity index (χ4v) is 5.03. The fourth-order valence-electron chi connectivity index (χ4n) is 4.34. The Labute approximate surface area is 192 Å². The Hall–Kier alpha value is -2.43. The number of halogens is 3. The summed E-state index contributed by atoms with van der Waals surface area (Å²) in [5, 5.41) is 11.1. The van der Waals surface area contributed by atoms with Gasteiger partial charge >= 0.3 is 5.51 Å². The van der Waals surface area contributed by atoms with Gasteiger partial charge < -0.3 is 14.7 Å². The second-order valence-electron chi connectivity index (χ2n) is 8.79. The number of alkyl halides is 3. The molecule has 0 radical (unpaired) electrons. The molecule has 2 aliphatic heterocycles. The lowest BCUT2D eigenvalue weighted by Crippen LogP contribution is -2.59. The molecule has 1 fully saturated rings. The van der Waals surface area contributed by atoms with E-state index in [-0.39, 0.29) is 30.3 Å². The molecule has 178 valence electrons. The molecule has 1 saturated heterocycles. The summed E-state index contributed by atoms with van der Waals surface area (Å²) >= 11 is 0. The third-order valence-corrected chi connectivity index (χ3v) is 7.13. The van der Waals surface area contributed by atoms with Gasteiger partial charge in [-0.25, -0.2) is 4.21 Å². The van der Waals surface area contributed by atoms with Crippen LogP contribution in [0.3, 0.4) is 0 Å². The van der Waals surface area contributed by atoms with Crippen molar-refractivity contribution in [1.29, 1.82) is 0 Å². The summed E-state index contributed by atoms with van der Waals surface area (Å²) in [6.45, 7) is 4.84. The number of fused-ring (bicyclic) bond motifs is 1. The number of carbonyl (C=O) groups excluding carboxylic acids is 1. The number of aliphatic hydroxyl groups excluding tert-OH is 1. The minimum atomic E-state index is -4.92. The van der Waals surface area contributed by atoms with Gasteiger partial charge in [-0.1, -0.05) is 30.3 Å². The van der Waals surface area contributed by atoms with Gasteiger partial charge in [0.2, 0.25) is 5.91 Å². The van der Waals surface area contributed by atoms with Crippen LogP contribution >= 0.6 is 0 Å². The van der Waals surface area contributed by atoms with Crippen LogP contribution in [0.1, 0.15) is 31.0 Å².